The van der Waals surface area contributed by atoms with Crippen LogP contribution in [-0.4, -0.2) is 89.3 Å². The van der Waals surface area contributed by atoms with Crippen molar-refractivity contribution in [3.05, 3.63) is 36.5 Å². The van der Waals surface area contributed by atoms with Crippen molar-refractivity contribution >= 4 is 15.9 Å². The van der Waals surface area contributed by atoms with Crippen LogP contribution in [0.1, 0.15) is 30.3 Å². The maximum absolute atomic E-state index is 12.9. The molecule has 162 valence electrons. The van der Waals surface area contributed by atoms with Crippen molar-refractivity contribution in [2.24, 2.45) is 5.92 Å². The zero-order valence-corrected chi connectivity index (χ0v) is 18.3. The molecule has 0 spiro atoms. The predicted molar refractivity (Wildman–Crippen MR) is 112 cm³/mol. The second-order valence-electron chi connectivity index (χ2n) is 8.22. The van der Waals surface area contributed by atoms with Crippen LogP contribution in [0, 0.1) is 5.92 Å². The summed E-state index contributed by atoms with van der Waals surface area (Å²) in [6.07, 6.45) is 6.49. The summed E-state index contributed by atoms with van der Waals surface area (Å²) < 4.78 is 29.0. The number of rotatable bonds is 4. The normalized spacial score (nSPS) is 21.7. The Morgan fingerprint density at radius 1 is 1.10 bits per heavy atom. The number of hydrogen-bond acceptors (Lipinski definition) is 6. The highest BCUT2D eigenvalue weighted by molar-refractivity contribution is 7.89. The van der Waals surface area contributed by atoms with Gasteiger partial charge >= 0.3 is 0 Å². The molecule has 1 atom stereocenters. The average molecular weight is 433 g/mol. The molecule has 2 fully saturated rings. The second kappa shape index (κ2) is 8.44. The Morgan fingerprint density at radius 3 is 2.53 bits per heavy atom. The van der Waals surface area contributed by atoms with Crippen molar-refractivity contribution < 1.29 is 13.2 Å². The number of carbonyl (C=O) groups is 1. The van der Waals surface area contributed by atoms with E-state index in [1.807, 2.05) is 7.05 Å². The first-order chi connectivity index (χ1) is 14.3. The number of aromatic nitrogens is 3. The number of piperidine rings is 1. The molecule has 2 saturated heterocycles. The van der Waals surface area contributed by atoms with Gasteiger partial charge in [0.15, 0.2) is 0 Å². The summed E-state index contributed by atoms with van der Waals surface area (Å²) in [7, 11) is -1.50. The minimum Gasteiger partial charge on any atom is -0.335 e. The van der Waals surface area contributed by atoms with Gasteiger partial charge in [0, 0.05) is 51.7 Å². The second-order valence-corrected chi connectivity index (χ2v) is 10.2. The number of sulfonamides is 1. The minimum absolute atomic E-state index is 0.0970. The molecular formula is C20H28N6O3S. The number of carbonyl (C=O) groups excluding carboxylic acids is 1. The van der Waals surface area contributed by atoms with Crippen LogP contribution in [0.4, 0.5) is 0 Å². The fourth-order valence-electron chi connectivity index (χ4n) is 3.92. The number of piperazine rings is 1. The van der Waals surface area contributed by atoms with Crippen LogP contribution in [0.5, 0.6) is 0 Å². The third kappa shape index (κ3) is 4.26. The van der Waals surface area contributed by atoms with E-state index < -0.39 is 10.0 Å². The third-order valence-electron chi connectivity index (χ3n) is 5.83. The van der Waals surface area contributed by atoms with Crippen LogP contribution in [0.15, 0.2) is 35.7 Å². The molecular weight excluding hydrogens is 404 g/mol. The SMILES string of the molecule is C[C@@H]1CCCN(S(=O)(=O)c2ccc(-n3cnc(C(=O)N4CCN(C)CC4)c3)nc2)C1. The van der Waals surface area contributed by atoms with Crippen molar-refractivity contribution in [3.8, 4) is 5.82 Å². The maximum Gasteiger partial charge on any atom is 0.274 e. The van der Waals surface area contributed by atoms with E-state index in [1.54, 1.807) is 32.1 Å². The van der Waals surface area contributed by atoms with E-state index in [2.05, 4.69) is 21.8 Å². The zero-order valence-electron chi connectivity index (χ0n) is 17.4. The van der Waals surface area contributed by atoms with Gasteiger partial charge in [-0.05, 0) is 37.9 Å². The van der Waals surface area contributed by atoms with E-state index in [1.165, 1.54) is 12.5 Å². The van der Waals surface area contributed by atoms with Gasteiger partial charge in [-0.15, -0.1) is 0 Å². The fraction of sp³-hybridized carbons (Fsp3) is 0.550. The lowest BCUT2D eigenvalue weighted by Gasteiger charge is -2.31. The predicted octanol–water partition coefficient (Wildman–Crippen LogP) is 1.08. The van der Waals surface area contributed by atoms with Gasteiger partial charge in [-0.25, -0.2) is 18.4 Å². The molecule has 2 aliphatic rings. The summed E-state index contributed by atoms with van der Waals surface area (Å²) in [5.74, 6) is 0.786. The number of nitrogens with zero attached hydrogens (tertiary/aromatic N) is 6. The quantitative estimate of drug-likeness (QED) is 0.718. The standard InChI is InChI=1S/C20H28N6O3S/c1-16-4-3-7-26(13-16)30(28,29)17-5-6-19(21-12-17)25-14-18(22-15-25)20(27)24-10-8-23(2)9-11-24/h5-6,12,14-16H,3-4,7-11,13H2,1-2H3/t16-/m1/s1. The van der Waals surface area contributed by atoms with E-state index in [-0.39, 0.29) is 10.8 Å². The van der Waals surface area contributed by atoms with Gasteiger partial charge in [0.05, 0.1) is 0 Å². The first-order valence-corrected chi connectivity index (χ1v) is 11.8. The Hall–Kier alpha value is -2.30. The summed E-state index contributed by atoms with van der Waals surface area (Å²) in [5, 5.41) is 0. The molecule has 9 nitrogen and oxygen atoms in total. The monoisotopic (exact) mass is 432 g/mol. The fourth-order valence-corrected chi connectivity index (χ4v) is 5.47. The molecule has 0 bridgehead atoms. The Balaban J connectivity index is 1.48. The molecule has 30 heavy (non-hydrogen) atoms. The highest BCUT2D eigenvalue weighted by atomic mass is 32.2. The molecule has 0 unspecified atom stereocenters. The lowest BCUT2D eigenvalue weighted by molar-refractivity contribution is 0.0658. The van der Waals surface area contributed by atoms with Gasteiger partial charge in [-0.2, -0.15) is 4.31 Å². The summed E-state index contributed by atoms with van der Waals surface area (Å²) in [6, 6.07) is 3.21. The van der Waals surface area contributed by atoms with Crippen LogP contribution < -0.4 is 0 Å². The van der Waals surface area contributed by atoms with Crippen molar-refractivity contribution in [2.45, 2.75) is 24.7 Å². The molecule has 0 N–H and O–H groups in total. The Labute approximate surface area is 177 Å². The maximum atomic E-state index is 12.9. The van der Waals surface area contributed by atoms with Gasteiger partial charge in [-0.3, -0.25) is 9.36 Å². The zero-order chi connectivity index (χ0) is 21.3. The van der Waals surface area contributed by atoms with E-state index in [0.29, 0.717) is 43.6 Å². The summed E-state index contributed by atoms with van der Waals surface area (Å²) in [5.41, 5.74) is 0.361. The summed E-state index contributed by atoms with van der Waals surface area (Å²) in [6.45, 7) is 6.23. The molecule has 0 aromatic carbocycles. The molecule has 0 radical (unpaired) electrons. The number of hydrogen-bond donors (Lipinski definition) is 0. The van der Waals surface area contributed by atoms with Gasteiger partial charge in [0.25, 0.3) is 5.91 Å². The molecule has 4 heterocycles. The van der Waals surface area contributed by atoms with Crippen molar-refractivity contribution in [2.75, 3.05) is 46.3 Å². The van der Waals surface area contributed by atoms with Crippen molar-refractivity contribution in [1.82, 2.24) is 28.6 Å². The molecule has 2 aromatic rings. The highest BCUT2D eigenvalue weighted by Gasteiger charge is 2.29. The molecule has 10 heteroatoms. The smallest absolute Gasteiger partial charge is 0.274 e. The Kier molecular flexibility index (Phi) is 5.90. The first-order valence-electron chi connectivity index (χ1n) is 10.3. The number of likely N-dealkylation sites (N-methyl/N-ethyl adjacent to an activating group) is 1. The first kappa shape index (κ1) is 21.0. The molecule has 0 saturated carbocycles. The van der Waals surface area contributed by atoms with Crippen LogP contribution in [0.25, 0.3) is 5.82 Å². The van der Waals surface area contributed by atoms with Crippen LogP contribution >= 0.6 is 0 Å². The third-order valence-corrected chi connectivity index (χ3v) is 7.68. The van der Waals surface area contributed by atoms with Crippen LogP contribution in [-0.2, 0) is 10.0 Å². The van der Waals surface area contributed by atoms with Crippen LogP contribution in [0.2, 0.25) is 0 Å². The van der Waals surface area contributed by atoms with Crippen molar-refractivity contribution in [1.29, 1.82) is 0 Å². The largest absolute Gasteiger partial charge is 0.335 e. The average Bonchev–Trinajstić information content (AvgIpc) is 3.24. The molecule has 2 aromatic heterocycles. The molecule has 2 aliphatic heterocycles. The van der Waals surface area contributed by atoms with Gasteiger partial charge in [0.2, 0.25) is 10.0 Å². The molecule has 1 amide bonds. The Bertz CT molecular complexity index is 996. The molecule has 4 rings (SSSR count). The summed E-state index contributed by atoms with van der Waals surface area (Å²) >= 11 is 0. The minimum atomic E-state index is -3.54. The summed E-state index contributed by atoms with van der Waals surface area (Å²) in [4.78, 5) is 25.4. The van der Waals surface area contributed by atoms with E-state index in [4.69, 9.17) is 0 Å². The Morgan fingerprint density at radius 2 is 1.87 bits per heavy atom. The number of pyridine rings is 1. The number of amides is 1. The molecule has 0 aliphatic carbocycles. The van der Waals surface area contributed by atoms with E-state index in [9.17, 15) is 13.2 Å². The van der Waals surface area contributed by atoms with E-state index >= 15 is 0 Å². The van der Waals surface area contributed by atoms with Gasteiger partial charge in [-0.1, -0.05) is 6.92 Å². The topological polar surface area (TPSA) is 91.6 Å². The van der Waals surface area contributed by atoms with Gasteiger partial charge in [0.1, 0.15) is 22.7 Å². The lowest BCUT2D eigenvalue weighted by atomic mass is 10.0. The van der Waals surface area contributed by atoms with E-state index in [0.717, 1.165) is 25.9 Å². The highest BCUT2D eigenvalue weighted by Crippen LogP contribution is 2.23. The lowest BCUT2D eigenvalue weighted by Crippen LogP contribution is -2.47. The number of imidazole rings is 1. The van der Waals surface area contributed by atoms with Gasteiger partial charge < -0.3 is 9.80 Å². The van der Waals surface area contributed by atoms with Crippen molar-refractivity contribution in [3.63, 3.8) is 0 Å². The van der Waals surface area contributed by atoms with Crippen LogP contribution in [0.3, 0.4) is 0 Å².